The predicted octanol–water partition coefficient (Wildman–Crippen LogP) is 3.57. The molecule has 0 fully saturated rings. The molecule has 150 valence electrons. The first-order chi connectivity index (χ1) is 11.8. The summed E-state index contributed by atoms with van der Waals surface area (Å²) < 4.78 is 35.4. The normalized spacial score (nSPS) is 16.7. The lowest BCUT2D eigenvalue weighted by molar-refractivity contribution is -0.143. The summed E-state index contributed by atoms with van der Waals surface area (Å²) in [6.07, 6.45) is 1.07. The molecule has 8 heteroatoms. The highest BCUT2D eigenvalue weighted by Crippen LogP contribution is 2.57. The van der Waals surface area contributed by atoms with Crippen LogP contribution in [0.5, 0.6) is 0 Å². The molecule has 0 heterocycles. The van der Waals surface area contributed by atoms with Gasteiger partial charge in [0.2, 0.25) is 6.03 Å². The minimum absolute atomic E-state index is 0.263. The third-order valence-electron chi connectivity index (χ3n) is 3.65. The number of hydrogen-bond acceptors (Lipinski definition) is 7. The van der Waals surface area contributed by atoms with Gasteiger partial charge in [-0.25, -0.2) is 0 Å². The summed E-state index contributed by atoms with van der Waals surface area (Å²) in [5.74, 6) is -0.673. The molecule has 0 aromatic carbocycles. The van der Waals surface area contributed by atoms with E-state index in [0.717, 1.165) is 0 Å². The van der Waals surface area contributed by atoms with E-state index in [1.807, 2.05) is 34.6 Å². The maximum Gasteiger partial charge on any atom is 0.322 e. The van der Waals surface area contributed by atoms with Gasteiger partial charge >= 0.3 is 5.97 Å². The molecule has 0 rings (SSSR count). The average molecular weight is 381 g/mol. The van der Waals surface area contributed by atoms with E-state index in [2.05, 4.69) is 5.32 Å². The zero-order valence-electron chi connectivity index (χ0n) is 16.7. The number of hydrogen-bond donors (Lipinski definition) is 1. The van der Waals surface area contributed by atoms with Crippen molar-refractivity contribution in [3.05, 3.63) is 0 Å². The molecular formula is C17H36NO6P. The molecule has 0 unspecified atom stereocenters. The Morgan fingerprint density at radius 2 is 1.60 bits per heavy atom. The summed E-state index contributed by atoms with van der Waals surface area (Å²) in [6, 6.07) is -1.52. The highest BCUT2D eigenvalue weighted by atomic mass is 31.2. The monoisotopic (exact) mass is 381 g/mol. The van der Waals surface area contributed by atoms with E-state index < -0.39 is 25.2 Å². The molecule has 0 saturated carbocycles. The van der Waals surface area contributed by atoms with Crippen molar-refractivity contribution in [3.8, 4) is 0 Å². The fourth-order valence-corrected chi connectivity index (χ4v) is 5.20. The van der Waals surface area contributed by atoms with Gasteiger partial charge in [0.1, 0.15) is 6.04 Å². The molecular weight excluding hydrogens is 345 g/mol. The van der Waals surface area contributed by atoms with Gasteiger partial charge in [-0.15, -0.1) is 0 Å². The molecule has 0 saturated heterocycles. The summed E-state index contributed by atoms with van der Waals surface area (Å²) in [4.78, 5) is 12.1. The van der Waals surface area contributed by atoms with E-state index in [9.17, 15) is 9.36 Å². The first-order valence-electron chi connectivity index (χ1n) is 9.11. The molecule has 0 aliphatic heterocycles. The van der Waals surface area contributed by atoms with Crippen LogP contribution in [0.15, 0.2) is 0 Å². The minimum Gasteiger partial charge on any atom is -0.468 e. The number of methoxy groups -OCH3 is 1. The van der Waals surface area contributed by atoms with Gasteiger partial charge in [-0.05, 0) is 39.5 Å². The summed E-state index contributed by atoms with van der Waals surface area (Å²) in [6.45, 7) is 12.3. The quantitative estimate of drug-likeness (QED) is 0.280. The molecule has 3 atom stereocenters. The number of carbonyl (C=O) groups is 1. The van der Waals surface area contributed by atoms with Crippen molar-refractivity contribution < 1.29 is 28.1 Å². The van der Waals surface area contributed by atoms with Crippen molar-refractivity contribution >= 4 is 13.3 Å². The first kappa shape index (κ1) is 24.5. The van der Waals surface area contributed by atoms with Crippen LogP contribution in [0.2, 0.25) is 0 Å². The van der Waals surface area contributed by atoms with E-state index in [4.69, 9.17) is 18.7 Å². The number of rotatable bonds is 14. The second kappa shape index (κ2) is 12.8. The highest BCUT2D eigenvalue weighted by molar-refractivity contribution is 7.60. The Balaban J connectivity index is 5.60. The molecule has 0 aliphatic rings. The van der Waals surface area contributed by atoms with Crippen molar-refractivity contribution in [2.45, 2.75) is 72.2 Å². The van der Waals surface area contributed by atoms with Crippen LogP contribution in [0.1, 0.15) is 54.4 Å². The lowest BCUT2D eigenvalue weighted by Crippen LogP contribution is -2.46. The van der Waals surface area contributed by atoms with Crippen molar-refractivity contribution in [2.75, 3.05) is 26.9 Å². The number of ether oxygens (including phenoxy) is 3. The molecule has 25 heavy (non-hydrogen) atoms. The Hall–Kier alpha value is -0.460. The largest absolute Gasteiger partial charge is 0.468 e. The lowest BCUT2D eigenvalue weighted by atomic mass is 10.0. The summed E-state index contributed by atoms with van der Waals surface area (Å²) >= 11 is 0. The van der Waals surface area contributed by atoms with E-state index >= 15 is 0 Å². The molecule has 0 bridgehead atoms. The number of carbonyl (C=O) groups excluding carboxylic acids is 1. The predicted molar refractivity (Wildman–Crippen MR) is 98.7 cm³/mol. The Morgan fingerprint density at radius 1 is 1.04 bits per heavy atom. The van der Waals surface area contributed by atoms with Crippen LogP contribution in [0.4, 0.5) is 0 Å². The Bertz CT molecular complexity index is 412. The maximum atomic E-state index is 13.7. The summed E-state index contributed by atoms with van der Waals surface area (Å²) in [7, 11) is -2.03. The van der Waals surface area contributed by atoms with E-state index in [1.165, 1.54) is 7.11 Å². The molecule has 0 aromatic rings. The fraction of sp³-hybridized carbons (Fsp3) is 0.941. The van der Waals surface area contributed by atoms with Crippen LogP contribution in [0.3, 0.4) is 0 Å². The van der Waals surface area contributed by atoms with Crippen LogP contribution in [0, 0.1) is 5.92 Å². The molecule has 0 aromatic heterocycles. The molecule has 0 radical (unpaired) electrons. The highest BCUT2D eigenvalue weighted by Gasteiger charge is 2.44. The second-order valence-corrected chi connectivity index (χ2v) is 8.67. The SMILES string of the molecule is CCOC(OCC)[P@](=O)(OCC)[C@H](CC)N[C@H](CC(C)C)C(=O)OC. The zero-order valence-corrected chi connectivity index (χ0v) is 17.6. The Kier molecular flexibility index (Phi) is 12.6. The summed E-state index contributed by atoms with van der Waals surface area (Å²) in [5, 5.41) is 3.19. The van der Waals surface area contributed by atoms with Gasteiger partial charge in [-0.1, -0.05) is 20.8 Å². The third kappa shape index (κ3) is 7.75. The van der Waals surface area contributed by atoms with Crippen LogP contribution < -0.4 is 5.32 Å². The van der Waals surface area contributed by atoms with E-state index in [1.54, 1.807) is 6.92 Å². The second-order valence-electron chi connectivity index (χ2n) is 6.08. The van der Waals surface area contributed by atoms with E-state index in [-0.39, 0.29) is 18.5 Å². The topological polar surface area (TPSA) is 83.1 Å². The molecule has 0 spiro atoms. The minimum atomic E-state index is -3.38. The van der Waals surface area contributed by atoms with Crippen molar-refractivity contribution in [1.82, 2.24) is 5.32 Å². The van der Waals surface area contributed by atoms with Crippen LogP contribution in [0.25, 0.3) is 0 Å². The third-order valence-corrected chi connectivity index (χ3v) is 6.58. The van der Waals surface area contributed by atoms with Crippen LogP contribution in [-0.4, -0.2) is 50.8 Å². The molecule has 0 aliphatic carbocycles. The number of nitrogens with one attached hydrogen (secondary N) is 1. The Morgan fingerprint density at radius 3 is 1.96 bits per heavy atom. The maximum absolute atomic E-state index is 13.7. The van der Waals surface area contributed by atoms with Gasteiger partial charge in [-0.2, -0.15) is 0 Å². The van der Waals surface area contributed by atoms with Gasteiger partial charge in [-0.3, -0.25) is 14.7 Å². The zero-order chi connectivity index (χ0) is 19.5. The van der Waals surface area contributed by atoms with Gasteiger partial charge in [0.25, 0.3) is 7.37 Å². The van der Waals surface area contributed by atoms with Crippen molar-refractivity contribution in [3.63, 3.8) is 0 Å². The standard InChI is InChI=1S/C17H36NO6P/c1-8-15(18-14(12-13(5)6)16(19)21-7)25(20,24-11-4)17(22-9-2)23-10-3/h13-15,17-18H,8-12H2,1-7H3/t14-,15-,25-/m1/s1. The van der Waals surface area contributed by atoms with Crippen molar-refractivity contribution in [1.29, 1.82) is 0 Å². The van der Waals surface area contributed by atoms with E-state index in [0.29, 0.717) is 26.1 Å². The Labute approximate surface area is 152 Å². The average Bonchev–Trinajstić information content (AvgIpc) is 2.57. The fourth-order valence-electron chi connectivity index (χ4n) is 2.60. The van der Waals surface area contributed by atoms with Crippen LogP contribution >= 0.6 is 7.37 Å². The molecule has 1 N–H and O–H groups in total. The molecule has 7 nitrogen and oxygen atoms in total. The van der Waals surface area contributed by atoms with Gasteiger partial charge in [0, 0.05) is 13.2 Å². The van der Waals surface area contributed by atoms with Crippen LogP contribution in [-0.2, 0) is 28.1 Å². The summed E-state index contributed by atoms with van der Waals surface area (Å²) in [5.41, 5.74) is 0. The smallest absolute Gasteiger partial charge is 0.322 e. The first-order valence-corrected chi connectivity index (χ1v) is 10.9. The number of esters is 1. The lowest BCUT2D eigenvalue weighted by Gasteiger charge is -2.34. The van der Waals surface area contributed by atoms with Crippen molar-refractivity contribution in [2.24, 2.45) is 5.92 Å². The van der Waals surface area contributed by atoms with Gasteiger partial charge in [0.05, 0.1) is 19.5 Å². The van der Waals surface area contributed by atoms with Gasteiger partial charge in [0.15, 0.2) is 0 Å². The van der Waals surface area contributed by atoms with Gasteiger partial charge < -0.3 is 18.7 Å². The molecule has 0 amide bonds.